The van der Waals surface area contributed by atoms with Gasteiger partial charge in [-0.25, -0.2) is 4.79 Å². The Morgan fingerprint density at radius 3 is 1.94 bits per heavy atom. The minimum absolute atomic E-state index is 0.00763. The summed E-state index contributed by atoms with van der Waals surface area (Å²) >= 11 is 0. The van der Waals surface area contributed by atoms with E-state index in [9.17, 15) is 0 Å². The maximum atomic E-state index is 15.3. The highest BCUT2D eigenvalue weighted by Gasteiger charge is 2.50. The number of aryl methyl sites for hydroxylation is 1. The molecule has 0 saturated carbocycles. The molecule has 0 aliphatic carbocycles. The highest BCUT2D eigenvalue weighted by atomic mass is 16.1. The molecule has 5 heterocycles. The summed E-state index contributed by atoms with van der Waals surface area (Å²) in [6.07, 6.45) is 7.27. The minimum Gasteiger partial charge on any atom is -0.240 e. The molecule has 4 aromatic heterocycles. The Labute approximate surface area is 408 Å². The van der Waals surface area contributed by atoms with Crippen molar-refractivity contribution in [3.8, 4) is 55.8 Å². The molecule has 4 heteroatoms. The normalized spacial score (nSPS) is 14.0. The summed E-state index contributed by atoms with van der Waals surface area (Å²) in [6.45, 7) is 6.92. The van der Waals surface area contributed by atoms with Gasteiger partial charge in [0.2, 0.25) is 22.3 Å². The Morgan fingerprint density at radius 2 is 1.14 bits per heavy atom. The van der Waals surface area contributed by atoms with Crippen molar-refractivity contribution in [1.29, 1.82) is 0 Å². The van der Waals surface area contributed by atoms with Crippen molar-refractivity contribution in [2.75, 3.05) is 0 Å². The number of benzene rings is 8. The van der Waals surface area contributed by atoms with Crippen LogP contribution < -0.4 is 19.9 Å². The fourth-order valence-corrected chi connectivity index (χ4v) is 12.1. The van der Waals surface area contributed by atoms with Gasteiger partial charge in [-0.3, -0.25) is 0 Å². The predicted molar refractivity (Wildman–Crippen MR) is 289 cm³/mol. The van der Waals surface area contributed by atoms with Gasteiger partial charge in [-0.05, 0) is 153 Å². The van der Waals surface area contributed by atoms with E-state index in [-0.39, 0.29) is 5.56 Å². The fraction of sp³-hybridized carbons (Fsp3) is 0.136. The first kappa shape index (κ1) is 41.9. The van der Waals surface area contributed by atoms with E-state index >= 15 is 4.79 Å². The Hall–Kier alpha value is -8.21. The molecule has 4 nitrogen and oxygen atoms in total. The van der Waals surface area contributed by atoms with Crippen molar-refractivity contribution in [1.82, 2.24) is 4.40 Å². The second-order valence-corrected chi connectivity index (χ2v) is 19.3. The SMILES string of the molecule is CCCCc1cccc(-c2cc(-c3ccccc3)cc(-c3cccc(-c4ccc5c(c4)-c4ccc6ccccc6[n+]4C(=c4c6cccc7ccn8c9ccccc9c(=O)[n+]4c8c76)C5(CC)CC)c3)c2)c1. The first-order valence-corrected chi connectivity index (χ1v) is 25.1. The summed E-state index contributed by atoms with van der Waals surface area (Å²) < 4.78 is 6.81. The van der Waals surface area contributed by atoms with Gasteiger partial charge in [0.05, 0.1) is 22.6 Å². The van der Waals surface area contributed by atoms with Gasteiger partial charge in [0, 0.05) is 22.9 Å². The monoisotopic (exact) mass is 903 g/mol. The number of para-hydroxylation sites is 2. The zero-order valence-electron chi connectivity index (χ0n) is 39.9. The van der Waals surface area contributed by atoms with Gasteiger partial charge in [0.1, 0.15) is 10.9 Å². The molecule has 0 radical (unpaired) electrons. The molecule has 8 aromatic carbocycles. The van der Waals surface area contributed by atoms with Gasteiger partial charge >= 0.3 is 11.2 Å². The van der Waals surface area contributed by atoms with Crippen LogP contribution in [0.4, 0.5) is 0 Å². The molecule has 0 N–H and O–H groups in total. The van der Waals surface area contributed by atoms with Crippen molar-refractivity contribution in [3.05, 3.63) is 233 Å². The molecule has 0 amide bonds. The Morgan fingerprint density at radius 1 is 0.514 bits per heavy atom. The van der Waals surface area contributed by atoms with Crippen LogP contribution in [-0.2, 0) is 11.8 Å². The van der Waals surface area contributed by atoms with Gasteiger partial charge in [-0.2, -0.15) is 8.97 Å². The standard InChI is InChI=1S/C66H53N3O/c1-4-7-18-43-19-15-24-47(37-43)52-39-51(44-20-9-8-10-21-44)40-53(41-52)49-26-16-25-48(38-49)50-31-33-57-56(42-50)60-34-32-45-22-11-13-29-58(45)68(60)63(66(57,5-2)6-3)62-55-28-17-23-46-35-36-67-59-30-14-12-27-54(59)65(70)69(62)64(67)61(46)55/h8-17,19-42H,4-7,18H2,1-3H3/q+2. The van der Waals surface area contributed by atoms with Crippen LogP contribution in [0.2, 0.25) is 0 Å². The number of pyridine rings is 2. The summed E-state index contributed by atoms with van der Waals surface area (Å²) in [5, 5.41) is 6.16. The predicted octanol–water partition coefficient (Wildman–Crippen LogP) is 14.3. The van der Waals surface area contributed by atoms with E-state index in [2.05, 4.69) is 222 Å². The lowest BCUT2D eigenvalue weighted by Gasteiger charge is -2.36. The lowest BCUT2D eigenvalue weighted by Crippen LogP contribution is -2.61. The van der Waals surface area contributed by atoms with E-state index in [1.165, 1.54) is 74.0 Å². The van der Waals surface area contributed by atoms with E-state index in [0.29, 0.717) is 5.39 Å². The summed E-state index contributed by atoms with van der Waals surface area (Å²) in [6, 6.07) is 73.4. The van der Waals surface area contributed by atoms with Gasteiger partial charge in [-0.1, -0.05) is 149 Å². The fourth-order valence-electron chi connectivity index (χ4n) is 12.1. The first-order chi connectivity index (χ1) is 34.5. The number of rotatable bonds is 9. The summed E-state index contributed by atoms with van der Waals surface area (Å²) in [5.74, 6) is 0. The van der Waals surface area contributed by atoms with Crippen molar-refractivity contribution < 1.29 is 8.97 Å². The van der Waals surface area contributed by atoms with E-state index < -0.39 is 5.41 Å². The summed E-state index contributed by atoms with van der Waals surface area (Å²) in [4.78, 5) is 15.3. The lowest BCUT2D eigenvalue weighted by atomic mass is 9.68. The van der Waals surface area contributed by atoms with Crippen LogP contribution in [0.15, 0.2) is 211 Å². The number of nitrogens with zero attached hydrogens (tertiary/aromatic N) is 3. The third-order valence-corrected chi connectivity index (χ3v) is 15.6. The van der Waals surface area contributed by atoms with E-state index in [0.717, 1.165) is 74.2 Å². The molecular weight excluding hydrogens is 851 g/mol. The van der Waals surface area contributed by atoms with Crippen molar-refractivity contribution >= 4 is 49.3 Å². The first-order valence-electron chi connectivity index (χ1n) is 25.1. The molecule has 0 bridgehead atoms. The molecule has 336 valence electrons. The van der Waals surface area contributed by atoms with Crippen LogP contribution in [0.25, 0.3) is 105 Å². The number of unbranched alkanes of at least 4 members (excludes halogenated alkanes) is 1. The quantitative estimate of drug-likeness (QED) is 0.105. The highest BCUT2D eigenvalue weighted by molar-refractivity contribution is 6.08. The van der Waals surface area contributed by atoms with Crippen LogP contribution in [0.1, 0.15) is 57.6 Å². The van der Waals surface area contributed by atoms with Crippen molar-refractivity contribution in [2.24, 2.45) is 0 Å². The average molecular weight is 904 g/mol. The van der Waals surface area contributed by atoms with Crippen molar-refractivity contribution in [3.63, 3.8) is 0 Å². The summed E-state index contributed by atoms with van der Waals surface area (Å²) in [7, 11) is 0. The second kappa shape index (κ2) is 16.5. The summed E-state index contributed by atoms with van der Waals surface area (Å²) in [5.41, 5.74) is 18.3. The van der Waals surface area contributed by atoms with Crippen molar-refractivity contribution in [2.45, 2.75) is 58.3 Å². The second-order valence-electron chi connectivity index (χ2n) is 19.3. The smallest absolute Gasteiger partial charge is 0.240 e. The zero-order chi connectivity index (χ0) is 47.1. The minimum atomic E-state index is -0.457. The van der Waals surface area contributed by atoms with Gasteiger partial charge in [0.25, 0.3) is 0 Å². The number of fused-ring (bicyclic) bond motifs is 7. The molecule has 0 unspecified atom stereocenters. The maximum absolute atomic E-state index is 15.3. The van der Waals surface area contributed by atoms with Crippen LogP contribution >= 0.6 is 0 Å². The van der Waals surface area contributed by atoms with Crippen LogP contribution in [0.3, 0.4) is 0 Å². The molecule has 1 aliphatic rings. The largest absolute Gasteiger partial charge is 0.350 e. The highest BCUT2D eigenvalue weighted by Crippen LogP contribution is 2.48. The molecule has 0 fully saturated rings. The van der Waals surface area contributed by atoms with E-state index in [1.807, 2.05) is 18.2 Å². The Kier molecular flexibility index (Phi) is 9.88. The van der Waals surface area contributed by atoms with Crippen LogP contribution in [-0.4, -0.2) is 4.40 Å². The molecule has 0 saturated heterocycles. The molecule has 70 heavy (non-hydrogen) atoms. The van der Waals surface area contributed by atoms with Gasteiger partial charge < -0.3 is 0 Å². The molecule has 13 rings (SSSR count). The third kappa shape index (κ3) is 6.32. The topological polar surface area (TPSA) is 29.5 Å². The van der Waals surface area contributed by atoms with Gasteiger partial charge in [0.15, 0.2) is 0 Å². The zero-order valence-corrected chi connectivity index (χ0v) is 39.9. The molecule has 12 aromatic rings. The van der Waals surface area contributed by atoms with E-state index in [1.54, 1.807) is 0 Å². The number of hydrogen-bond acceptors (Lipinski definition) is 1. The molecule has 0 spiro atoms. The van der Waals surface area contributed by atoms with Crippen LogP contribution in [0.5, 0.6) is 0 Å². The van der Waals surface area contributed by atoms with E-state index in [4.69, 9.17) is 0 Å². The third-order valence-electron chi connectivity index (χ3n) is 15.6. The lowest BCUT2D eigenvalue weighted by molar-refractivity contribution is -0.577. The Bertz CT molecular complexity index is 4160. The maximum Gasteiger partial charge on any atom is 0.350 e. The molecule has 1 aliphatic heterocycles. The van der Waals surface area contributed by atoms with Gasteiger partial charge in [-0.15, -0.1) is 4.40 Å². The number of hydrogen-bond donors (Lipinski definition) is 0. The number of aromatic nitrogens is 3. The molecule has 0 atom stereocenters. The Balaban J connectivity index is 1.05. The molecular formula is C66H53N3O+2. The van der Waals surface area contributed by atoms with Crippen LogP contribution in [0, 0.1) is 0 Å². The average Bonchev–Trinajstić information content (AvgIpc) is 3.78.